The summed E-state index contributed by atoms with van der Waals surface area (Å²) in [4.78, 5) is 5.47. The number of nitrogens with zero attached hydrogens (tertiary/aromatic N) is 1. The quantitative estimate of drug-likeness (QED) is 0.0869. The van der Waals surface area contributed by atoms with Crippen LogP contribution in [0.3, 0.4) is 0 Å². The number of rotatable bonds is 8. The molecule has 3 heteroatoms. The summed E-state index contributed by atoms with van der Waals surface area (Å²) in [6.45, 7) is 9.04. The number of benzene rings is 10. The van der Waals surface area contributed by atoms with Crippen molar-refractivity contribution < 1.29 is 8.83 Å². The Labute approximate surface area is 376 Å². The molecule has 3 nitrogen and oxygen atoms in total. The molecule has 12 rings (SSSR count). The van der Waals surface area contributed by atoms with E-state index in [0.717, 1.165) is 94.1 Å². The van der Waals surface area contributed by atoms with Gasteiger partial charge in [0.2, 0.25) is 0 Å². The van der Waals surface area contributed by atoms with Crippen molar-refractivity contribution in [2.24, 2.45) is 4.99 Å². The molecule has 1 atom stereocenters. The van der Waals surface area contributed by atoms with Gasteiger partial charge in [-0.05, 0) is 133 Å². The zero-order valence-electron chi connectivity index (χ0n) is 36.2. The topological polar surface area (TPSA) is 38.6 Å². The number of fused-ring (bicyclic) bond motifs is 12. The van der Waals surface area contributed by atoms with Crippen LogP contribution in [-0.2, 0) is 0 Å². The second-order valence-electron chi connectivity index (χ2n) is 17.1. The van der Waals surface area contributed by atoms with E-state index < -0.39 is 0 Å². The smallest absolute Gasteiger partial charge is 0.136 e. The second-order valence-corrected chi connectivity index (χ2v) is 17.1. The minimum Gasteiger partial charge on any atom is -0.456 e. The molecule has 0 aliphatic carbocycles. The van der Waals surface area contributed by atoms with Gasteiger partial charge in [-0.3, -0.25) is 4.99 Å². The zero-order chi connectivity index (χ0) is 43.6. The fourth-order valence-electron chi connectivity index (χ4n) is 10.1. The van der Waals surface area contributed by atoms with E-state index in [9.17, 15) is 0 Å². The van der Waals surface area contributed by atoms with Crippen LogP contribution in [0.4, 0.5) is 0 Å². The normalized spacial score (nSPS) is 13.0. The van der Waals surface area contributed by atoms with Crippen LogP contribution in [-0.4, -0.2) is 5.71 Å². The molecule has 0 saturated heterocycles. The first-order valence-corrected chi connectivity index (χ1v) is 22.3. The van der Waals surface area contributed by atoms with Gasteiger partial charge in [0.05, 0.1) is 11.8 Å². The Hall–Kier alpha value is -8.27. The summed E-state index contributed by atoms with van der Waals surface area (Å²) < 4.78 is 12.9. The third kappa shape index (κ3) is 6.47. The monoisotopic (exact) mass is 833 g/mol. The first-order valence-electron chi connectivity index (χ1n) is 22.3. The molecule has 0 aliphatic rings. The lowest BCUT2D eigenvalue weighted by Gasteiger charge is -2.15. The highest BCUT2D eigenvalue weighted by atomic mass is 16.3. The fraction of sp³-hybridized carbons (Fsp3) is 0.0484. The van der Waals surface area contributed by atoms with E-state index in [1.807, 2.05) is 24.3 Å². The van der Waals surface area contributed by atoms with Crippen LogP contribution in [0.5, 0.6) is 0 Å². The lowest BCUT2D eigenvalue weighted by Crippen LogP contribution is -2.06. The molecular formula is C62H43NO2. The zero-order valence-corrected chi connectivity index (χ0v) is 36.2. The van der Waals surface area contributed by atoms with Gasteiger partial charge in [0, 0.05) is 27.1 Å². The summed E-state index contributed by atoms with van der Waals surface area (Å²) in [5, 5.41) is 12.0. The van der Waals surface area contributed by atoms with Crippen molar-refractivity contribution in [1.82, 2.24) is 0 Å². The Morgan fingerprint density at radius 3 is 1.71 bits per heavy atom. The number of aliphatic imine (C=N–C) groups is 1. The van der Waals surface area contributed by atoms with Gasteiger partial charge < -0.3 is 8.83 Å². The van der Waals surface area contributed by atoms with E-state index in [2.05, 4.69) is 196 Å². The van der Waals surface area contributed by atoms with E-state index in [1.165, 1.54) is 37.9 Å². The van der Waals surface area contributed by atoms with Crippen molar-refractivity contribution in [3.63, 3.8) is 0 Å². The molecule has 2 heterocycles. The standard InChI is InChI=1S/C62H43NO2/c1-38(45-26-14-31-57-60(45)61-52(28-16-32-58(61)65-57)51-27-15-30-56-59(51)53-25-11-12-29-55(53)64-56)35-39(2)62(41-17-5-4-6-18-41)63-40(3)42-19-13-20-43(36-42)44-33-34-50-48-23-8-7-21-46(48)47-22-9-10-24-49(47)54(50)37-44/h4-37,40H,2H2,1,3H3/b38-35-,63-62+. The van der Waals surface area contributed by atoms with Gasteiger partial charge in [0.15, 0.2) is 0 Å². The first kappa shape index (κ1) is 38.4. The van der Waals surface area contributed by atoms with Crippen LogP contribution in [0.15, 0.2) is 232 Å². The van der Waals surface area contributed by atoms with Crippen LogP contribution in [0, 0.1) is 0 Å². The lowest BCUT2D eigenvalue weighted by molar-refractivity contribution is 0.668. The van der Waals surface area contributed by atoms with Crippen molar-refractivity contribution in [2.75, 3.05) is 0 Å². The minimum atomic E-state index is -0.147. The van der Waals surface area contributed by atoms with E-state index >= 15 is 0 Å². The number of para-hydroxylation sites is 1. The maximum Gasteiger partial charge on any atom is 0.136 e. The molecule has 10 aromatic carbocycles. The average molecular weight is 834 g/mol. The predicted molar refractivity (Wildman–Crippen MR) is 275 cm³/mol. The summed E-state index contributed by atoms with van der Waals surface area (Å²) in [5.41, 5.74) is 14.0. The fourth-order valence-corrected chi connectivity index (χ4v) is 10.1. The second kappa shape index (κ2) is 15.5. The van der Waals surface area contributed by atoms with Crippen molar-refractivity contribution >= 4 is 87.5 Å². The summed E-state index contributed by atoms with van der Waals surface area (Å²) in [6, 6.07) is 70.7. The molecule has 65 heavy (non-hydrogen) atoms. The Balaban J connectivity index is 0.935. The van der Waals surface area contributed by atoms with Crippen LogP contribution in [0.2, 0.25) is 0 Å². The van der Waals surface area contributed by atoms with E-state index in [0.29, 0.717) is 0 Å². The molecule has 0 saturated carbocycles. The molecule has 308 valence electrons. The lowest BCUT2D eigenvalue weighted by atomic mass is 9.91. The van der Waals surface area contributed by atoms with Crippen molar-refractivity contribution in [2.45, 2.75) is 19.9 Å². The van der Waals surface area contributed by atoms with Crippen LogP contribution < -0.4 is 0 Å². The molecule has 0 N–H and O–H groups in total. The third-order valence-corrected chi connectivity index (χ3v) is 13.2. The van der Waals surface area contributed by atoms with Gasteiger partial charge in [-0.2, -0.15) is 0 Å². The summed E-state index contributed by atoms with van der Waals surface area (Å²) >= 11 is 0. The SMILES string of the molecule is C=C(/C=C(/C)c1cccc2oc3cccc(-c4cccc5oc6ccccc6c45)c3c12)/C(=N\C(C)c1cccc(-c2ccc3c4ccccc4c4ccccc4c3c2)c1)c1ccccc1. The Morgan fingerprint density at radius 1 is 0.462 bits per heavy atom. The summed E-state index contributed by atoms with van der Waals surface area (Å²) in [7, 11) is 0. The molecule has 0 fully saturated rings. The Morgan fingerprint density at radius 2 is 0.985 bits per heavy atom. The van der Waals surface area contributed by atoms with Gasteiger partial charge in [-0.25, -0.2) is 0 Å². The van der Waals surface area contributed by atoms with Crippen molar-refractivity contribution in [3.8, 4) is 22.3 Å². The first-order chi connectivity index (χ1) is 32.0. The Bertz CT molecular complexity index is 3900. The highest BCUT2D eigenvalue weighted by Crippen LogP contribution is 2.44. The highest BCUT2D eigenvalue weighted by Gasteiger charge is 2.21. The summed E-state index contributed by atoms with van der Waals surface area (Å²) in [6.07, 6.45) is 2.18. The Kier molecular flexibility index (Phi) is 9.17. The number of furan rings is 2. The number of hydrogen-bond acceptors (Lipinski definition) is 3. The van der Waals surface area contributed by atoms with E-state index in [1.54, 1.807) is 0 Å². The van der Waals surface area contributed by atoms with Crippen LogP contribution in [0.1, 0.15) is 36.6 Å². The van der Waals surface area contributed by atoms with E-state index in [-0.39, 0.29) is 6.04 Å². The summed E-state index contributed by atoms with van der Waals surface area (Å²) in [5.74, 6) is 0. The van der Waals surface area contributed by atoms with Gasteiger partial charge in [-0.1, -0.05) is 170 Å². The van der Waals surface area contributed by atoms with E-state index in [4.69, 9.17) is 20.4 Å². The molecule has 1 unspecified atom stereocenters. The average Bonchev–Trinajstić information content (AvgIpc) is 3.95. The van der Waals surface area contributed by atoms with Gasteiger partial charge in [0.1, 0.15) is 22.3 Å². The number of hydrogen-bond donors (Lipinski definition) is 0. The predicted octanol–water partition coefficient (Wildman–Crippen LogP) is 17.5. The molecular weight excluding hydrogens is 791 g/mol. The minimum absolute atomic E-state index is 0.147. The van der Waals surface area contributed by atoms with Gasteiger partial charge in [-0.15, -0.1) is 0 Å². The molecule has 0 amide bonds. The van der Waals surface area contributed by atoms with Crippen molar-refractivity contribution in [1.29, 1.82) is 0 Å². The van der Waals surface area contributed by atoms with Crippen molar-refractivity contribution in [3.05, 3.63) is 235 Å². The van der Waals surface area contributed by atoms with Gasteiger partial charge in [0.25, 0.3) is 0 Å². The molecule has 0 radical (unpaired) electrons. The van der Waals surface area contributed by atoms with Crippen LogP contribution in [0.25, 0.3) is 104 Å². The van der Waals surface area contributed by atoms with Gasteiger partial charge >= 0.3 is 0 Å². The van der Waals surface area contributed by atoms with Crippen LogP contribution >= 0.6 is 0 Å². The maximum absolute atomic E-state index is 6.61. The highest BCUT2D eigenvalue weighted by molar-refractivity contribution is 6.26. The maximum atomic E-state index is 6.61. The largest absolute Gasteiger partial charge is 0.456 e. The number of allylic oxidation sites excluding steroid dienone is 3. The third-order valence-electron chi connectivity index (χ3n) is 13.2. The molecule has 0 bridgehead atoms. The molecule has 0 aliphatic heterocycles. The molecule has 0 spiro atoms. The molecule has 2 aromatic heterocycles. The molecule has 12 aromatic rings.